The van der Waals surface area contributed by atoms with Crippen LogP contribution >= 0.6 is 27.5 Å². The van der Waals surface area contributed by atoms with E-state index >= 15 is 0 Å². The average molecular weight is 290 g/mol. The van der Waals surface area contributed by atoms with Crippen LogP contribution in [0, 0.1) is 5.41 Å². The zero-order valence-corrected chi connectivity index (χ0v) is 11.2. The van der Waals surface area contributed by atoms with E-state index in [-0.39, 0.29) is 0 Å². The predicted octanol–water partition coefficient (Wildman–Crippen LogP) is 4.10. The molecule has 0 aromatic carbocycles. The molecule has 1 aromatic rings. The smallest absolute Gasteiger partial charge is 0.143 e. The Morgan fingerprint density at radius 1 is 1.60 bits per heavy atom. The van der Waals surface area contributed by atoms with Crippen molar-refractivity contribution in [3.8, 4) is 0 Å². The lowest BCUT2D eigenvalue weighted by Crippen LogP contribution is -2.24. The molecule has 1 heterocycles. The van der Waals surface area contributed by atoms with Crippen LogP contribution in [0.1, 0.15) is 26.7 Å². The van der Waals surface area contributed by atoms with Gasteiger partial charge in [0.2, 0.25) is 0 Å². The first kappa shape index (κ1) is 11.2. The summed E-state index contributed by atoms with van der Waals surface area (Å²) in [6, 6.07) is 2.45. The maximum atomic E-state index is 5.83. The Bertz CT molecular complexity index is 377. The number of halogens is 2. The van der Waals surface area contributed by atoms with E-state index in [9.17, 15) is 0 Å². The second-order valence-corrected chi connectivity index (χ2v) is 5.73. The normalized spacial score (nSPS) is 19.7. The fourth-order valence-electron chi connectivity index (χ4n) is 1.55. The number of anilines is 1. The number of nitrogens with zero attached hydrogens (tertiary/aromatic N) is 1. The molecule has 15 heavy (non-hydrogen) atoms. The molecule has 2 rings (SSSR count). The third-order valence-corrected chi connectivity index (χ3v) is 4.40. The van der Waals surface area contributed by atoms with Gasteiger partial charge in [-0.25, -0.2) is 4.98 Å². The molecule has 1 unspecified atom stereocenters. The van der Waals surface area contributed by atoms with Crippen molar-refractivity contribution in [2.45, 2.75) is 32.7 Å². The van der Waals surface area contributed by atoms with Gasteiger partial charge in [0.25, 0.3) is 0 Å². The van der Waals surface area contributed by atoms with E-state index in [0.717, 1.165) is 10.2 Å². The van der Waals surface area contributed by atoms with Gasteiger partial charge < -0.3 is 5.32 Å². The highest BCUT2D eigenvalue weighted by Gasteiger charge is 2.42. The van der Waals surface area contributed by atoms with Crippen molar-refractivity contribution in [3.63, 3.8) is 0 Å². The molecule has 1 aromatic heterocycles. The molecule has 0 bridgehead atoms. The average Bonchev–Trinajstić information content (AvgIpc) is 2.92. The minimum absolute atomic E-state index is 0.464. The highest BCUT2D eigenvalue weighted by molar-refractivity contribution is 9.10. The van der Waals surface area contributed by atoms with Crippen molar-refractivity contribution < 1.29 is 0 Å². The van der Waals surface area contributed by atoms with E-state index in [4.69, 9.17) is 11.6 Å². The van der Waals surface area contributed by atoms with E-state index in [0.29, 0.717) is 16.6 Å². The summed E-state index contributed by atoms with van der Waals surface area (Å²) >= 11 is 9.20. The lowest BCUT2D eigenvalue weighted by molar-refractivity contribution is 0.493. The Hall–Kier alpha value is -0.280. The first-order valence-corrected chi connectivity index (χ1v) is 6.26. The van der Waals surface area contributed by atoms with Gasteiger partial charge in [-0.15, -0.1) is 0 Å². The molecule has 1 N–H and O–H groups in total. The Morgan fingerprint density at radius 3 is 2.80 bits per heavy atom. The van der Waals surface area contributed by atoms with Crippen LogP contribution < -0.4 is 5.32 Å². The van der Waals surface area contributed by atoms with Gasteiger partial charge in [-0.05, 0) is 47.2 Å². The van der Waals surface area contributed by atoms with Gasteiger partial charge in [0.1, 0.15) is 5.15 Å². The fourth-order valence-corrected chi connectivity index (χ4v) is 2.01. The molecule has 1 aliphatic carbocycles. The quantitative estimate of drug-likeness (QED) is 0.848. The second-order valence-electron chi connectivity index (χ2n) is 4.52. The molecule has 0 aliphatic heterocycles. The zero-order chi connectivity index (χ0) is 11.1. The molecule has 2 nitrogen and oxygen atoms in total. The number of hydrogen-bond donors (Lipinski definition) is 1. The highest BCUT2D eigenvalue weighted by atomic mass is 79.9. The van der Waals surface area contributed by atoms with Gasteiger partial charge in [0.15, 0.2) is 0 Å². The Labute approximate surface area is 104 Å². The van der Waals surface area contributed by atoms with Crippen LogP contribution in [0.2, 0.25) is 5.15 Å². The maximum Gasteiger partial charge on any atom is 0.143 e. The van der Waals surface area contributed by atoms with Gasteiger partial charge in [-0.3, -0.25) is 0 Å². The highest BCUT2D eigenvalue weighted by Crippen LogP contribution is 2.48. The van der Waals surface area contributed by atoms with E-state index in [1.54, 1.807) is 6.20 Å². The van der Waals surface area contributed by atoms with Crippen molar-refractivity contribution in [1.29, 1.82) is 0 Å². The van der Waals surface area contributed by atoms with E-state index in [1.807, 2.05) is 6.07 Å². The number of nitrogens with one attached hydrogen (secondary N) is 1. The van der Waals surface area contributed by atoms with Crippen molar-refractivity contribution in [1.82, 2.24) is 4.98 Å². The third kappa shape index (κ3) is 2.45. The number of aromatic nitrogens is 1. The fraction of sp³-hybridized carbons (Fsp3) is 0.545. The number of hydrogen-bond acceptors (Lipinski definition) is 2. The number of rotatable bonds is 3. The first-order valence-electron chi connectivity index (χ1n) is 5.09. The molecule has 0 amide bonds. The summed E-state index contributed by atoms with van der Waals surface area (Å²) in [6.45, 7) is 4.53. The Kier molecular flexibility index (Phi) is 2.95. The van der Waals surface area contributed by atoms with E-state index in [1.165, 1.54) is 12.8 Å². The van der Waals surface area contributed by atoms with Crippen molar-refractivity contribution >= 4 is 33.2 Å². The van der Waals surface area contributed by atoms with E-state index in [2.05, 4.69) is 40.1 Å². The van der Waals surface area contributed by atoms with Gasteiger partial charge in [-0.1, -0.05) is 18.5 Å². The summed E-state index contributed by atoms with van der Waals surface area (Å²) in [5.74, 6) is 0. The third-order valence-electron chi connectivity index (χ3n) is 3.26. The lowest BCUT2D eigenvalue weighted by atomic mass is 10.0. The van der Waals surface area contributed by atoms with E-state index < -0.39 is 0 Å². The summed E-state index contributed by atoms with van der Waals surface area (Å²) in [6.07, 6.45) is 4.39. The second kappa shape index (κ2) is 3.95. The van der Waals surface area contributed by atoms with Gasteiger partial charge in [0.05, 0.1) is 16.4 Å². The Morgan fingerprint density at radius 2 is 2.27 bits per heavy atom. The van der Waals surface area contributed by atoms with Crippen LogP contribution in [-0.2, 0) is 0 Å². The summed E-state index contributed by atoms with van der Waals surface area (Å²) in [5.41, 5.74) is 1.48. The summed E-state index contributed by atoms with van der Waals surface area (Å²) < 4.78 is 0.835. The monoisotopic (exact) mass is 288 g/mol. The van der Waals surface area contributed by atoms with Crippen molar-refractivity contribution in [3.05, 3.63) is 21.9 Å². The molecule has 82 valence electrons. The molecular weight excluding hydrogens is 275 g/mol. The van der Waals surface area contributed by atoms with Crippen molar-refractivity contribution in [2.24, 2.45) is 5.41 Å². The summed E-state index contributed by atoms with van der Waals surface area (Å²) in [5, 5.41) is 3.97. The SMILES string of the molecule is CC(Nc1cnc(Cl)c(Br)c1)C1(C)CC1. The van der Waals surface area contributed by atoms with Gasteiger partial charge in [0, 0.05) is 6.04 Å². The van der Waals surface area contributed by atoms with Crippen LogP contribution in [0.3, 0.4) is 0 Å². The van der Waals surface area contributed by atoms with Crippen LogP contribution in [0.5, 0.6) is 0 Å². The van der Waals surface area contributed by atoms with Crippen LogP contribution in [0.15, 0.2) is 16.7 Å². The molecular formula is C11H14BrClN2. The maximum absolute atomic E-state index is 5.83. The van der Waals surface area contributed by atoms with Crippen molar-refractivity contribution in [2.75, 3.05) is 5.32 Å². The summed E-state index contributed by atoms with van der Waals surface area (Å²) in [7, 11) is 0. The predicted molar refractivity (Wildman–Crippen MR) is 67.4 cm³/mol. The largest absolute Gasteiger partial charge is 0.381 e. The molecule has 1 aliphatic rings. The molecule has 0 radical (unpaired) electrons. The van der Waals surface area contributed by atoms with Crippen LogP contribution in [0.25, 0.3) is 0 Å². The van der Waals surface area contributed by atoms with Gasteiger partial charge in [-0.2, -0.15) is 0 Å². The zero-order valence-electron chi connectivity index (χ0n) is 8.85. The molecule has 4 heteroatoms. The molecule has 1 atom stereocenters. The van der Waals surface area contributed by atoms with Gasteiger partial charge >= 0.3 is 0 Å². The molecule has 1 saturated carbocycles. The molecule has 0 saturated heterocycles. The minimum atomic E-state index is 0.464. The lowest BCUT2D eigenvalue weighted by Gasteiger charge is -2.21. The standard InChI is InChI=1S/C11H14BrClN2/c1-7(11(2)3-4-11)15-8-5-9(12)10(13)14-6-8/h5-7,15H,3-4H2,1-2H3. The minimum Gasteiger partial charge on any atom is -0.381 e. The van der Waals surface area contributed by atoms with Crippen LogP contribution in [-0.4, -0.2) is 11.0 Å². The number of pyridine rings is 1. The summed E-state index contributed by atoms with van der Waals surface area (Å²) in [4.78, 5) is 4.09. The Balaban J connectivity index is 2.07. The topological polar surface area (TPSA) is 24.9 Å². The molecule has 1 fully saturated rings. The first-order chi connectivity index (χ1) is 7.01. The van der Waals surface area contributed by atoms with Crippen LogP contribution in [0.4, 0.5) is 5.69 Å². The molecule has 0 spiro atoms.